The van der Waals surface area contributed by atoms with Gasteiger partial charge in [-0.25, -0.2) is 4.98 Å². The Morgan fingerprint density at radius 3 is 2.42 bits per heavy atom. The molecule has 0 bridgehead atoms. The van der Waals surface area contributed by atoms with Crippen LogP contribution in [0.4, 0.5) is 17.1 Å². The van der Waals surface area contributed by atoms with Crippen LogP contribution < -0.4 is 20.7 Å². The molecule has 1 heterocycles. The highest BCUT2D eigenvalue weighted by Crippen LogP contribution is 2.29. The van der Waals surface area contributed by atoms with Crippen molar-refractivity contribution in [3.05, 3.63) is 71.9 Å². The van der Waals surface area contributed by atoms with Gasteiger partial charge in [-0.2, -0.15) is 0 Å². The van der Waals surface area contributed by atoms with Gasteiger partial charge in [0.1, 0.15) is 11.3 Å². The van der Waals surface area contributed by atoms with E-state index in [0.717, 1.165) is 0 Å². The third-order valence-corrected chi connectivity index (χ3v) is 4.71. The first kappa shape index (κ1) is 21.8. The molecule has 3 aromatic rings. The average molecular weight is 418 g/mol. The fourth-order valence-corrected chi connectivity index (χ4v) is 3.00. The molecular weight excluding hydrogens is 392 g/mol. The summed E-state index contributed by atoms with van der Waals surface area (Å²) in [7, 11) is 1.73. The number of rotatable bonds is 7. The van der Waals surface area contributed by atoms with Gasteiger partial charge in [0.15, 0.2) is 0 Å². The van der Waals surface area contributed by atoms with Gasteiger partial charge >= 0.3 is 0 Å². The fraction of sp³-hybridized carbons (Fsp3) is 0.208. The molecule has 0 aliphatic heterocycles. The zero-order valence-electron chi connectivity index (χ0n) is 18.0. The maximum atomic E-state index is 12.9. The highest BCUT2D eigenvalue weighted by Gasteiger charge is 2.17. The van der Waals surface area contributed by atoms with E-state index < -0.39 is 0 Å². The van der Waals surface area contributed by atoms with Crippen LogP contribution in [-0.4, -0.2) is 24.3 Å². The molecule has 0 atom stereocenters. The van der Waals surface area contributed by atoms with Crippen molar-refractivity contribution in [2.45, 2.75) is 26.2 Å². The molecule has 0 saturated carbocycles. The van der Waals surface area contributed by atoms with Crippen molar-refractivity contribution >= 4 is 29.4 Å². The predicted octanol–water partition coefficient (Wildman–Crippen LogP) is 5.03. The van der Waals surface area contributed by atoms with Gasteiger partial charge in [0.05, 0.1) is 11.4 Å². The Bertz CT molecular complexity index is 1070. The van der Waals surface area contributed by atoms with Crippen LogP contribution in [0.5, 0.6) is 11.6 Å². The van der Waals surface area contributed by atoms with E-state index in [0.29, 0.717) is 34.8 Å². The molecule has 3 rings (SSSR count). The second-order valence-corrected chi connectivity index (χ2v) is 7.96. The summed E-state index contributed by atoms with van der Waals surface area (Å²) in [5.41, 5.74) is 3.38. The van der Waals surface area contributed by atoms with E-state index in [1.807, 2.05) is 24.3 Å². The fourth-order valence-electron chi connectivity index (χ4n) is 3.00. The van der Waals surface area contributed by atoms with E-state index in [4.69, 9.17) is 4.74 Å². The maximum Gasteiger partial charge on any atom is 0.261 e. The summed E-state index contributed by atoms with van der Waals surface area (Å²) in [6.45, 7) is 6.43. The Hall–Kier alpha value is -3.87. The Labute approximate surface area is 181 Å². The van der Waals surface area contributed by atoms with E-state index in [9.17, 15) is 9.59 Å². The topological polar surface area (TPSA) is 92.3 Å². The number of nitrogens with zero attached hydrogens (tertiary/aromatic N) is 1. The molecule has 3 N–H and O–H groups in total. The standard InChI is InChI=1S/C24H26N4O3/c1-24(2,3)16-7-10-18(11-8-16)31-23-19(6-5-13-26-23)22(30)28-17-9-12-20(27-15-29)21(14-17)25-4/h5-15,25H,1-4H3,(H,27,29)(H,28,30). The number of carbonyl (C=O) groups is 2. The molecule has 2 amide bonds. The molecule has 0 spiro atoms. The molecule has 31 heavy (non-hydrogen) atoms. The quantitative estimate of drug-likeness (QED) is 0.468. The number of aromatic nitrogens is 1. The first-order valence-corrected chi connectivity index (χ1v) is 9.88. The Morgan fingerprint density at radius 2 is 1.77 bits per heavy atom. The number of anilines is 3. The number of ether oxygens (including phenoxy) is 1. The van der Waals surface area contributed by atoms with Gasteiger partial charge in [-0.05, 0) is 53.4 Å². The molecule has 0 saturated heterocycles. The van der Waals surface area contributed by atoms with Crippen LogP contribution in [0, 0.1) is 0 Å². The van der Waals surface area contributed by atoms with Crippen LogP contribution in [0.1, 0.15) is 36.7 Å². The molecular formula is C24H26N4O3. The van der Waals surface area contributed by atoms with Gasteiger partial charge in [0.25, 0.3) is 5.91 Å². The first-order valence-electron chi connectivity index (χ1n) is 9.88. The van der Waals surface area contributed by atoms with Crippen LogP contribution in [0.25, 0.3) is 0 Å². The minimum atomic E-state index is -0.354. The lowest BCUT2D eigenvalue weighted by Gasteiger charge is -2.19. The summed E-state index contributed by atoms with van der Waals surface area (Å²) in [5, 5.41) is 8.43. The van der Waals surface area contributed by atoms with Crippen molar-refractivity contribution in [3.63, 3.8) is 0 Å². The molecule has 7 nitrogen and oxygen atoms in total. The lowest BCUT2D eigenvalue weighted by molar-refractivity contribution is -0.105. The number of hydrogen-bond acceptors (Lipinski definition) is 5. The number of pyridine rings is 1. The summed E-state index contributed by atoms with van der Waals surface area (Å²) in [5.74, 6) is 0.465. The smallest absolute Gasteiger partial charge is 0.261 e. The Balaban J connectivity index is 1.80. The number of amides is 2. The van der Waals surface area contributed by atoms with E-state index in [1.54, 1.807) is 43.6 Å². The van der Waals surface area contributed by atoms with Crippen LogP contribution in [0.2, 0.25) is 0 Å². The van der Waals surface area contributed by atoms with Crippen molar-refractivity contribution in [1.82, 2.24) is 4.98 Å². The van der Waals surface area contributed by atoms with E-state index in [-0.39, 0.29) is 17.2 Å². The monoisotopic (exact) mass is 418 g/mol. The molecule has 0 aliphatic carbocycles. The van der Waals surface area contributed by atoms with Crippen molar-refractivity contribution in [2.75, 3.05) is 23.0 Å². The van der Waals surface area contributed by atoms with Gasteiger partial charge < -0.3 is 20.7 Å². The average Bonchev–Trinajstić information content (AvgIpc) is 2.75. The van der Waals surface area contributed by atoms with Gasteiger partial charge in [-0.3, -0.25) is 9.59 Å². The van der Waals surface area contributed by atoms with Crippen molar-refractivity contribution in [1.29, 1.82) is 0 Å². The van der Waals surface area contributed by atoms with Gasteiger partial charge in [-0.1, -0.05) is 32.9 Å². The number of carbonyl (C=O) groups excluding carboxylic acids is 2. The van der Waals surface area contributed by atoms with E-state index >= 15 is 0 Å². The predicted molar refractivity (Wildman–Crippen MR) is 123 cm³/mol. The molecule has 1 aromatic heterocycles. The molecule has 0 radical (unpaired) electrons. The lowest BCUT2D eigenvalue weighted by Crippen LogP contribution is -2.14. The molecule has 0 aliphatic rings. The Kier molecular flexibility index (Phi) is 6.55. The molecule has 0 unspecified atom stereocenters. The summed E-state index contributed by atoms with van der Waals surface area (Å²) in [6, 6.07) is 16.2. The largest absolute Gasteiger partial charge is 0.438 e. The van der Waals surface area contributed by atoms with E-state index in [1.165, 1.54) is 5.56 Å². The van der Waals surface area contributed by atoms with Gasteiger partial charge in [0.2, 0.25) is 12.3 Å². The minimum Gasteiger partial charge on any atom is -0.438 e. The normalized spacial score (nSPS) is 10.8. The number of benzene rings is 2. The summed E-state index contributed by atoms with van der Waals surface area (Å²) < 4.78 is 5.90. The van der Waals surface area contributed by atoms with Gasteiger partial charge in [0, 0.05) is 18.9 Å². The second-order valence-electron chi connectivity index (χ2n) is 7.96. The first-order chi connectivity index (χ1) is 14.8. The van der Waals surface area contributed by atoms with Crippen molar-refractivity contribution in [2.24, 2.45) is 0 Å². The van der Waals surface area contributed by atoms with Crippen molar-refractivity contribution < 1.29 is 14.3 Å². The summed E-state index contributed by atoms with van der Waals surface area (Å²) in [4.78, 5) is 27.8. The molecule has 7 heteroatoms. The highest BCUT2D eigenvalue weighted by atomic mass is 16.5. The minimum absolute atomic E-state index is 0.0392. The molecule has 160 valence electrons. The zero-order chi connectivity index (χ0) is 22.4. The zero-order valence-corrected chi connectivity index (χ0v) is 18.0. The summed E-state index contributed by atoms with van der Waals surface area (Å²) >= 11 is 0. The Morgan fingerprint density at radius 1 is 1.03 bits per heavy atom. The summed E-state index contributed by atoms with van der Waals surface area (Å²) in [6.07, 6.45) is 2.18. The van der Waals surface area contributed by atoms with Gasteiger partial charge in [-0.15, -0.1) is 0 Å². The van der Waals surface area contributed by atoms with Crippen LogP contribution >= 0.6 is 0 Å². The van der Waals surface area contributed by atoms with E-state index in [2.05, 4.69) is 41.7 Å². The highest BCUT2D eigenvalue weighted by molar-refractivity contribution is 6.06. The molecule has 0 fully saturated rings. The third-order valence-electron chi connectivity index (χ3n) is 4.71. The maximum absolute atomic E-state index is 12.9. The van der Waals surface area contributed by atoms with Crippen LogP contribution in [-0.2, 0) is 10.2 Å². The lowest BCUT2D eigenvalue weighted by atomic mass is 9.87. The second kappa shape index (κ2) is 9.30. The number of hydrogen-bond donors (Lipinski definition) is 3. The third kappa shape index (κ3) is 5.39. The molecule has 2 aromatic carbocycles. The van der Waals surface area contributed by atoms with Crippen molar-refractivity contribution in [3.8, 4) is 11.6 Å². The van der Waals surface area contributed by atoms with Crippen LogP contribution in [0.3, 0.4) is 0 Å². The van der Waals surface area contributed by atoms with Crippen LogP contribution in [0.15, 0.2) is 60.8 Å². The number of nitrogens with one attached hydrogen (secondary N) is 3. The SMILES string of the molecule is CNc1cc(NC(=O)c2cccnc2Oc2ccc(C(C)(C)C)cc2)ccc1NC=O.